The number of nitrogens with one attached hydrogen (secondary N) is 2. The van der Waals surface area contributed by atoms with E-state index in [-0.39, 0.29) is 22.7 Å². The van der Waals surface area contributed by atoms with Crippen LogP contribution < -0.4 is 15.5 Å². The number of aldehydes is 1. The van der Waals surface area contributed by atoms with E-state index < -0.39 is 11.8 Å². The number of rotatable bonds is 9. The minimum Gasteiger partial charge on any atom is -0.384 e. The van der Waals surface area contributed by atoms with Crippen LogP contribution in [0.25, 0.3) is 0 Å². The first-order valence-corrected chi connectivity index (χ1v) is 11.2. The maximum Gasteiger partial charge on any atom is 0.323 e. The number of hydrogen-bond acceptors (Lipinski definition) is 5. The van der Waals surface area contributed by atoms with E-state index in [1.165, 1.54) is 12.1 Å². The van der Waals surface area contributed by atoms with E-state index in [4.69, 9.17) is 21.1 Å². The van der Waals surface area contributed by atoms with E-state index in [9.17, 15) is 14.0 Å². The van der Waals surface area contributed by atoms with Crippen molar-refractivity contribution in [1.82, 2.24) is 0 Å². The Morgan fingerprint density at radius 3 is 2.64 bits per heavy atom. The summed E-state index contributed by atoms with van der Waals surface area (Å²) in [5.41, 5.74) is 2.26. The van der Waals surface area contributed by atoms with Gasteiger partial charge >= 0.3 is 6.03 Å². The lowest BCUT2D eigenvalue weighted by molar-refractivity contribution is -0.108. The number of benzene rings is 2. The average Bonchev–Trinajstić information content (AvgIpc) is 2.81. The number of amides is 2. The van der Waals surface area contributed by atoms with Gasteiger partial charge in [0, 0.05) is 50.8 Å². The second-order valence-corrected chi connectivity index (χ2v) is 8.43. The van der Waals surface area contributed by atoms with Crippen LogP contribution in [0.4, 0.5) is 26.2 Å². The van der Waals surface area contributed by atoms with Crippen LogP contribution in [0.5, 0.6) is 0 Å². The predicted octanol–water partition coefficient (Wildman–Crippen LogP) is 5.06. The number of carbonyl (C=O) groups excluding carboxylic acids is 2. The third-order valence-electron chi connectivity index (χ3n) is 5.79. The van der Waals surface area contributed by atoms with Crippen LogP contribution in [0.1, 0.15) is 30.7 Å². The Morgan fingerprint density at radius 2 is 1.97 bits per heavy atom. The van der Waals surface area contributed by atoms with Gasteiger partial charge in [-0.05, 0) is 48.7 Å². The predicted molar refractivity (Wildman–Crippen MR) is 128 cm³/mol. The zero-order valence-corrected chi connectivity index (χ0v) is 19.5. The van der Waals surface area contributed by atoms with Crippen molar-refractivity contribution in [2.45, 2.75) is 31.2 Å². The fraction of sp³-hybridized carbons (Fsp3) is 0.417. The first-order valence-electron chi connectivity index (χ1n) is 10.8. The van der Waals surface area contributed by atoms with Crippen LogP contribution in [-0.2, 0) is 14.3 Å². The number of carbonyl (C=O) groups is 2. The zero-order valence-electron chi connectivity index (χ0n) is 18.8. The van der Waals surface area contributed by atoms with Crippen LogP contribution in [0, 0.1) is 5.82 Å². The van der Waals surface area contributed by atoms with Crippen molar-refractivity contribution in [3.63, 3.8) is 0 Å². The molecule has 2 amide bonds. The average molecular weight is 478 g/mol. The Morgan fingerprint density at radius 1 is 1.24 bits per heavy atom. The molecular formula is C24H29ClFN3O4. The van der Waals surface area contributed by atoms with Gasteiger partial charge in [-0.15, -0.1) is 0 Å². The normalized spacial score (nSPS) is 15.0. The molecule has 3 rings (SSSR count). The molecule has 1 saturated heterocycles. The van der Waals surface area contributed by atoms with Gasteiger partial charge in [-0.1, -0.05) is 17.7 Å². The van der Waals surface area contributed by atoms with Gasteiger partial charge < -0.3 is 29.8 Å². The van der Waals surface area contributed by atoms with E-state index in [2.05, 4.69) is 15.5 Å². The number of nitrogens with zero attached hydrogens (tertiary/aromatic N) is 1. The molecule has 1 unspecified atom stereocenters. The second-order valence-electron chi connectivity index (χ2n) is 7.99. The number of methoxy groups -OCH3 is 1. The van der Waals surface area contributed by atoms with Gasteiger partial charge in [0.05, 0.1) is 23.7 Å². The molecule has 0 saturated carbocycles. The molecule has 0 aromatic heterocycles. The van der Waals surface area contributed by atoms with Crippen LogP contribution in [0.3, 0.4) is 0 Å². The van der Waals surface area contributed by atoms with Crippen molar-refractivity contribution < 1.29 is 23.5 Å². The van der Waals surface area contributed by atoms with Crippen molar-refractivity contribution in [3.05, 3.63) is 52.8 Å². The SMILES string of the molecule is COCC(CC=O)c1ccc(N(C)C2CCOCC2)c(NC(=O)Nc2ccc(Cl)cc2F)c1. The van der Waals surface area contributed by atoms with Gasteiger partial charge in [-0.25, -0.2) is 9.18 Å². The zero-order chi connectivity index (χ0) is 23.8. The van der Waals surface area contributed by atoms with Gasteiger partial charge in [0.1, 0.15) is 12.1 Å². The molecule has 0 spiro atoms. The van der Waals surface area contributed by atoms with E-state index in [0.29, 0.717) is 31.9 Å². The molecule has 1 aliphatic rings. The first-order chi connectivity index (χ1) is 15.9. The topological polar surface area (TPSA) is 79.9 Å². The molecule has 1 fully saturated rings. The van der Waals surface area contributed by atoms with Crippen LogP contribution in [0.2, 0.25) is 5.02 Å². The standard InChI is InChI=1S/C24H29ClFN3O4/c1-29(19-8-11-33-12-9-19)23-6-3-16(17(7-10-30)15-32-2)13-22(23)28-24(31)27-21-5-4-18(25)14-20(21)26/h3-6,10,13-14,17,19H,7-9,11-12,15H2,1-2H3,(H2,27,28,31). The lowest BCUT2D eigenvalue weighted by Gasteiger charge is -2.34. The molecule has 0 aliphatic carbocycles. The van der Waals surface area contributed by atoms with Crippen molar-refractivity contribution in [2.24, 2.45) is 0 Å². The summed E-state index contributed by atoms with van der Waals surface area (Å²) in [4.78, 5) is 26.0. The molecule has 1 atom stereocenters. The molecule has 7 nitrogen and oxygen atoms in total. The fourth-order valence-electron chi connectivity index (χ4n) is 3.97. The maximum atomic E-state index is 14.1. The number of hydrogen-bond donors (Lipinski definition) is 2. The monoisotopic (exact) mass is 477 g/mol. The van der Waals surface area contributed by atoms with Gasteiger partial charge in [0.2, 0.25) is 0 Å². The molecule has 33 heavy (non-hydrogen) atoms. The molecule has 178 valence electrons. The van der Waals surface area contributed by atoms with Gasteiger partial charge in [-0.2, -0.15) is 0 Å². The Bertz CT molecular complexity index is 969. The third-order valence-corrected chi connectivity index (χ3v) is 6.02. The van der Waals surface area contributed by atoms with Crippen molar-refractivity contribution >= 4 is 41.0 Å². The summed E-state index contributed by atoms with van der Waals surface area (Å²) in [5.74, 6) is -0.774. The Labute approximate surface area is 198 Å². The minimum absolute atomic E-state index is 0.0191. The Balaban J connectivity index is 1.89. The van der Waals surface area contributed by atoms with E-state index in [1.807, 2.05) is 25.2 Å². The fourth-order valence-corrected chi connectivity index (χ4v) is 4.13. The highest BCUT2D eigenvalue weighted by molar-refractivity contribution is 6.30. The number of anilines is 3. The molecule has 9 heteroatoms. The van der Waals surface area contributed by atoms with Gasteiger partial charge in [0.25, 0.3) is 0 Å². The highest BCUT2D eigenvalue weighted by Crippen LogP contribution is 2.33. The molecule has 0 radical (unpaired) electrons. The number of ether oxygens (including phenoxy) is 2. The lowest BCUT2D eigenvalue weighted by Crippen LogP contribution is -2.37. The summed E-state index contributed by atoms with van der Waals surface area (Å²) < 4.78 is 24.9. The smallest absolute Gasteiger partial charge is 0.323 e. The quantitative estimate of drug-likeness (QED) is 0.493. The Kier molecular flexibility index (Phi) is 9.05. The summed E-state index contributed by atoms with van der Waals surface area (Å²) in [5, 5.41) is 5.62. The lowest BCUT2D eigenvalue weighted by atomic mass is 9.95. The van der Waals surface area contributed by atoms with E-state index in [1.54, 1.807) is 7.11 Å². The van der Waals surface area contributed by atoms with E-state index >= 15 is 0 Å². The highest BCUT2D eigenvalue weighted by atomic mass is 35.5. The number of urea groups is 1. The summed E-state index contributed by atoms with van der Waals surface area (Å²) in [6.07, 6.45) is 2.90. The molecule has 2 N–H and O–H groups in total. The maximum absolute atomic E-state index is 14.1. The van der Waals surface area contributed by atoms with Crippen molar-refractivity contribution in [3.8, 4) is 0 Å². The summed E-state index contributed by atoms with van der Waals surface area (Å²) in [7, 11) is 3.56. The van der Waals surface area contributed by atoms with E-state index in [0.717, 1.165) is 36.4 Å². The second kappa shape index (κ2) is 12.0. The van der Waals surface area contributed by atoms with Gasteiger partial charge in [-0.3, -0.25) is 0 Å². The Hall–Kier alpha value is -2.68. The highest BCUT2D eigenvalue weighted by Gasteiger charge is 2.23. The van der Waals surface area contributed by atoms with Crippen LogP contribution in [0.15, 0.2) is 36.4 Å². The van der Waals surface area contributed by atoms with Crippen LogP contribution >= 0.6 is 11.6 Å². The molecule has 1 aliphatic heterocycles. The molecule has 1 heterocycles. The van der Waals surface area contributed by atoms with Crippen molar-refractivity contribution in [2.75, 3.05) is 49.5 Å². The molecular weight excluding hydrogens is 449 g/mol. The largest absolute Gasteiger partial charge is 0.384 e. The minimum atomic E-state index is -0.628. The third kappa shape index (κ3) is 6.66. The molecule has 2 aromatic carbocycles. The summed E-state index contributed by atoms with van der Waals surface area (Å²) >= 11 is 5.79. The van der Waals surface area contributed by atoms with Crippen LogP contribution in [-0.4, -0.2) is 52.3 Å². The van der Waals surface area contributed by atoms with Crippen molar-refractivity contribution in [1.29, 1.82) is 0 Å². The summed E-state index contributed by atoms with van der Waals surface area (Å²) in [6.45, 7) is 1.73. The van der Waals surface area contributed by atoms with Gasteiger partial charge in [0.15, 0.2) is 0 Å². The number of halogens is 2. The molecule has 0 bridgehead atoms. The molecule has 2 aromatic rings. The summed E-state index contributed by atoms with van der Waals surface area (Å²) in [6, 6.07) is 9.42. The first kappa shape index (κ1) is 25.0.